The maximum Gasteiger partial charge on any atom is 0.220 e. The first-order chi connectivity index (χ1) is 8.65. The number of aryl methyl sites for hydroxylation is 1. The number of aromatic nitrogens is 3. The van der Waals surface area contributed by atoms with Gasteiger partial charge in [-0.25, -0.2) is 9.97 Å². The Morgan fingerprint density at radius 3 is 2.89 bits per heavy atom. The highest BCUT2D eigenvalue weighted by molar-refractivity contribution is 6.31. The number of hydrogen-bond acceptors (Lipinski definition) is 3. The van der Waals surface area contributed by atoms with Gasteiger partial charge in [0.1, 0.15) is 0 Å². The van der Waals surface area contributed by atoms with Crippen molar-refractivity contribution in [1.29, 1.82) is 0 Å². The fourth-order valence-electron chi connectivity index (χ4n) is 2.09. The van der Waals surface area contributed by atoms with Gasteiger partial charge in [0.15, 0.2) is 0 Å². The molecule has 0 saturated carbocycles. The molecular weight excluding hydrogens is 248 g/mol. The maximum absolute atomic E-state index is 6.05. The van der Waals surface area contributed by atoms with Crippen LogP contribution in [-0.4, -0.2) is 14.5 Å². The minimum Gasteiger partial charge on any atom is -0.368 e. The smallest absolute Gasteiger partial charge is 0.220 e. The van der Waals surface area contributed by atoms with Crippen molar-refractivity contribution in [3.63, 3.8) is 0 Å². The lowest BCUT2D eigenvalue weighted by atomic mass is 10.1. The van der Waals surface area contributed by atoms with E-state index in [2.05, 4.69) is 9.97 Å². The molecule has 0 unspecified atom stereocenters. The molecule has 1 aromatic carbocycles. The van der Waals surface area contributed by atoms with Crippen molar-refractivity contribution in [3.05, 3.63) is 41.7 Å². The average molecular weight is 259 g/mol. The number of hydrogen-bond donors (Lipinski definition) is 1. The molecule has 0 aliphatic carbocycles. The molecule has 5 heteroatoms. The average Bonchev–Trinajstić information content (AvgIpc) is 2.66. The maximum atomic E-state index is 6.05. The van der Waals surface area contributed by atoms with E-state index >= 15 is 0 Å². The van der Waals surface area contributed by atoms with Gasteiger partial charge in [-0.2, -0.15) is 0 Å². The van der Waals surface area contributed by atoms with Crippen LogP contribution in [0.4, 0.5) is 5.95 Å². The van der Waals surface area contributed by atoms with Gasteiger partial charge in [-0.15, -0.1) is 0 Å². The van der Waals surface area contributed by atoms with Crippen LogP contribution in [0.25, 0.3) is 22.2 Å². The van der Waals surface area contributed by atoms with Crippen molar-refractivity contribution in [2.45, 2.75) is 0 Å². The van der Waals surface area contributed by atoms with Crippen LogP contribution in [0.3, 0.4) is 0 Å². The SMILES string of the molecule is Cn1cc(-c2ccnc(N)n2)c2cc(Cl)ccc21. The minimum absolute atomic E-state index is 0.270. The number of rotatable bonds is 1. The summed E-state index contributed by atoms with van der Waals surface area (Å²) in [6.07, 6.45) is 3.67. The summed E-state index contributed by atoms with van der Waals surface area (Å²) in [4.78, 5) is 8.15. The van der Waals surface area contributed by atoms with E-state index in [1.165, 1.54) is 0 Å². The quantitative estimate of drug-likeness (QED) is 0.730. The lowest BCUT2D eigenvalue weighted by Gasteiger charge is -1.99. The van der Waals surface area contributed by atoms with Crippen LogP contribution >= 0.6 is 11.6 Å². The predicted octanol–water partition coefficient (Wildman–Crippen LogP) is 2.87. The Morgan fingerprint density at radius 1 is 1.28 bits per heavy atom. The molecule has 0 saturated heterocycles. The third kappa shape index (κ3) is 1.71. The van der Waals surface area contributed by atoms with Gasteiger partial charge in [0.25, 0.3) is 0 Å². The van der Waals surface area contributed by atoms with Crippen molar-refractivity contribution < 1.29 is 0 Å². The molecule has 2 heterocycles. The second-order valence-electron chi connectivity index (χ2n) is 4.12. The van der Waals surface area contributed by atoms with Gasteiger partial charge in [0.05, 0.1) is 5.69 Å². The molecule has 0 spiro atoms. The fraction of sp³-hybridized carbons (Fsp3) is 0.0769. The highest BCUT2D eigenvalue weighted by Crippen LogP contribution is 2.30. The zero-order valence-corrected chi connectivity index (χ0v) is 10.5. The van der Waals surface area contributed by atoms with E-state index in [1.807, 2.05) is 42.1 Å². The van der Waals surface area contributed by atoms with E-state index in [1.54, 1.807) is 6.20 Å². The van der Waals surface area contributed by atoms with Crippen molar-refractivity contribution in [2.24, 2.45) is 7.05 Å². The lowest BCUT2D eigenvalue weighted by Crippen LogP contribution is -1.94. The number of fused-ring (bicyclic) bond motifs is 1. The van der Waals surface area contributed by atoms with E-state index in [-0.39, 0.29) is 5.95 Å². The Balaban J connectivity index is 2.32. The summed E-state index contributed by atoms with van der Waals surface area (Å²) in [6, 6.07) is 7.64. The monoisotopic (exact) mass is 258 g/mol. The molecule has 0 radical (unpaired) electrons. The third-order valence-electron chi connectivity index (χ3n) is 2.90. The van der Waals surface area contributed by atoms with Gasteiger partial charge in [-0.1, -0.05) is 11.6 Å². The molecule has 0 amide bonds. The lowest BCUT2D eigenvalue weighted by molar-refractivity contribution is 0.969. The fourth-order valence-corrected chi connectivity index (χ4v) is 2.26. The van der Waals surface area contributed by atoms with Crippen LogP contribution in [0.15, 0.2) is 36.7 Å². The van der Waals surface area contributed by atoms with Gasteiger partial charge >= 0.3 is 0 Å². The molecule has 2 aromatic heterocycles. The number of nitrogen functional groups attached to an aromatic ring is 1. The first-order valence-electron chi connectivity index (χ1n) is 5.48. The topological polar surface area (TPSA) is 56.7 Å². The largest absolute Gasteiger partial charge is 0.368 e. The van der Waals surface area contributed by atoms with E-state index in [0.717, 1.165) is 22.2 Å². The van der Waals surface area contributed by atoms with Gasteiger partial charge < -0.3 is 10.3 Å². The summed E-state index contributed by atoms with van der Waals surface area (Å²) in [5.74, 6) is 0.270. The van der Waals surface area contributed by atoms with Crippen molar-refractivity contribution in [3.8, 4) is 11.3 Å². The van der Waals surface area contributed by atoms with Crippen LogP contribution in [0.2, 0.25) is 5.02 Å². The molecule has 0 aliphatic heterocycles. The standard InChI is InChI=1S/C13H11ClN4/c1-18-7-10(11-4-5-16-13(15)17-11)9-6-8(14)2-3-12(9)18/h2-7H,1H3,(H2,15,16,17). The van der Waals surface area contributed by atoms with Crippen molar-refractivity contribution in [2.75, 3.05) is 5.73 Å². The van der Waals surface area contributed by atoms with Gasteiger partial charge in [-0.05, 0) is 24.3 Å². The van der Waals surface area contributed by atoms with E-state index in [9.17, 15) is 0 Å². The Labute approximate surface area is 109 Å². The molecule has 3 aromatic rings. The summed E-state index contributed by atoms with van der Waals surface area (Å²) >= 11 is 6.05. The summed E-state index contributed by atoms with van der Waals surface area (Å²) < 4.78 is 2.04. The molecule has 0 bridgehead atoms. The van der Waals surface area contributed by atoms with E-state index < -0.39 is 0 Å². The molecule has 2 N–H and O–H groups in total. The van der Waals surface area contributed by atoms with Crippen molar-refractivity contribution >= 4 is 28.5 Å². The van der Waals surface area contributed by atoms with E-state index in [4.69, 9.17) is 17.3 Å². The molecule has 0 atom stereocenters. The van der Waals surface area contributed by atoms with Crippen LogP contribution in [0, 0.1) is 0 Å². The van der Waals surface area contributed by atoms with Crippen LogP contribution in [0.5, 0.6) is 0 Å². The highest BCUT2D eigenvalue weighted by Gasteiger charge is 2.10. The Kier molecular flexibility index (Phi) is 2.45. The first-order valence-corrected chi connectivity index (χ1v) is 5.86. The highest BCUT2D eigenvalue weighted by atomic mass is 35.5. The minimum atomic E-state index is 0.270. The summed E-state index contributed by atoms with van der Waals surface area (Å²) in [5.41, 5.74) is 8.53. The zero-order valence-electron chi connectivity index (χ0n) is 9.76. The second kappa shape index (κ2) is 3.99. The summed E-state index contributed by atoms with van der Waals surface area (Å²) in [7, 11) is 1.99. The normalized spacial score (nSPS) is 11.0. The number of benzene rings is 1. The number of nitrogens with zero attached hydrogens (tertiary/aromatic N) is 3. The molecule has 3 rings (SSSR count). The summed E-state index contributed by atoms with van der Waals surface area (Å²) in [6.45, 7) is 0. The predicted molar refractivity (Wildman–Crippen MR) is 73.4 cm³/mol. The van der Waals surface area contributed by atoms with Gasteiger partial charge in [0.2, 0.25) is 5.95 Å². The van der Waals surface area contributed by atoms with Crippen molar-refractivity contribution in [1.82, 2.24) is 14.5 Å². The third-order valence-corrected chi connectivity index (χ3v) is 3.14. The van der Waals surface area contributed by atoms with E-state index in [0.29, 0.717) is 5.02 Å². The molecule has 0 aliphatic rings. The number of anilines is 1. The Hall–Kier alpha value is -2.07. The van der Waals surface area contributed by atoms with Crippen LogP contribution in [0.1, 0.15) is 0 Å². The Morgan fingerprint density at radius 2 is 2.11 bits per heavy atom. The Bertz CT molecular complexity index is 733. The van der Waals surface area contributed by atoms with Crippen LogP contribution < -0.4 is 5.73 Å². The van der Waals surface area contributed by atoms with Crippen LogP contribution in [-0.2, 0) is 7.05 Å². The molecular formula is C13H11ClN4. The number of halogens is 1. The molecule has 4 nitrogen and oxygen atoms in total. The summed E-state index contributed by atoms with van der Waals surface area (Å²) in [5, 5.41) is 1.76. The van der Waals surface area contributed by atoms with Gasteiger partial charge in [-0.3, -0.25) is 0 Å². The molecule has 90 valence electrons. The zero-order chi connectivity index (χ0) is 12.7. The molecule has 18 heavy (non-hydrogen) atoms. The second-order valence-corrected chi connectivity index (χ2v) is 4.55. The van der Waals surface area contributed by atoms with Gasteiger partial charge in [0, 0.05) is 40.9 Å². The first kappa shape index (κ1) is 11.0. The molecule has 0 fully saturated rings. The number of nitrogens with two attached hydrogens (primary N) is 1.